The Bertz CT molecular complexity index is 679. The van der Waals surface area contributed by atoms with Crippen molar-refractivity contribution in [2.75, 3.05) is 13.2 Å². The van der Waals surface area contributed by atoms with Crippen molar-refractivity contribution in [3.8, 4) is 0 Å². The summed E-state index contributed by atoms with van der Waals surface area (Å²) in [6.45, 7) is 12.6. The van der Waals surface area contributed by atoms with Crippen LogP contribution in [-0.4, -0.2) is 77.4 Å². The number of carbonyl (C=O) groups excluding carboxylic acids is 1. The smallest absolute Gasteiger partial charge is 0.410 e. The highest BCUT2D eigenvalue weighted by Crippen LogP contribution is 2.30. The fraction of sp³-hybridized carbons (Fsp3) is 0.700. The molecule has 1 aliphatic rings. The molecule has 1 aromatic rings. The van der Waals surface area contributed by atoms with Crippen LogP contribution in [0.2, 0.25) is 13.1 Å². The van der Waals surface area contributed by atoms with E-state index in [2.05, 4.69) is 43.7 Å². The Morgan fingerprint density at radius 1 is 1.47 bits per heavy atom. The standard InChI is InChI=1S/C20H37N3O5Si2/c1-6-9-26-19(25)23-13-17(24)12-16(23)11-15-10-14(21-22-15)7-8-20(2,3)18(27-29-4)28-30-5/h6,10,16-18,24H,1,7-9,11-13,29-30H2,2-5H3,(H,21,22). The largest absolute Gasteiger partial charge is 0.445 e. The van der Waals surface area contributed by atoms with E-state index >= 15 is 0 Å². The summed E-state index contributed by atoms with van der Waals surface area (Å²) < 4.78 is 17.0. The van der Waals surface area contributed by atoms with E-state index in [1.54, 1.807) is 4.90 Å². The molecular formula is C20H37N3O5Si2. The average Bonchev–Trinajstić information content (AvgIpc) is 3.30. The lowest BCUT2D eigenvalue weighted by atomic mass is 9.86. The van der Waals surface area contributed by atoms with Crippen molar-refractivity contribution < 1.29 is 23.5 Å². The summed E-state index contributed by atoms with van der Waals surface area (Å²) in [4.78, 5) is 13.8. The number of nitrogens with zero attached hydrogens (tertiary/aromatic N) is 2. The van der Waals surface area contributed by atoms with Crippen LogP contribution < -0.4 is 0 Å². The molecule has 170 valence electrons. The third-order valence-corrected chi connectivity index (χ3v) is 6.67. The van der Waals surface area contributed by atoms with Gasteiger partial charge in [0.15, 0.2) is 19.5 Å². The molecule has 2 unspecified atom stereocenters. The maximum absolute atomic E-state index is 12.2. The maximum atomic E-state index is 12.2. The maximum Gasteiger partial charge on any atom is 0.410 e. The lowest BCUT2D eigenvalue weighted by molar-refractivity contribution is -0.0818. The Balaban J connectivity index is 1.94. The molecule has 2 heterocycles. The number of H-pyrrole nitrogens is 1. The lowest BCUT2D eigenvalue weighted by Gasteiger charge is -2.34. The van der Waals surface area contributed by atoms with Crippen LogP contribution in [0.3, 0.4) is 0 Å². The molecule has 0 aliphatic carbocycles. The predicted molar refractivity (Wildman–Crippen MR) is 122 cm³/mol. The van der Waals surface area contributed by atoms with E-state index in [1.165, 1.54) is 6.08 Å². The van der Waals surface area contributed by atoms with Gasteiger partial charge in [0.05, 0.1) is 18.3 Å². The molecule has 0 spiro atoms. The summed E-state index contributed by atoms with van der Waals surface area (Å²) in [6, 6.07) is 1.92. The molecule has 0 radical (unpaired) electrons. The lowest BCUT2D eigenvalue weighted by Crippen LogP contribution is -2.37. The van der Waals surface area contributed by atoms with Gasteiger partial charge < -0.3 is 23.6 Å². The van der Waals surface area contributed by atoms with Crippen molar-refractivity contribution in [2.45, 2.75) is 71.1 Å². The normalized spacial score (nSPS) is 21.2. The Morgan fingerprint density at radius 2 is 2.17 bits per heavy atom. The highest BCUT2D eigenvalue weighted by Gasteiger charge is 2.36. The monoisotopic (exact) mass is 455 g/mol. The van der Waals surface area contributed by atoms with E-state index in [9.17, 15) is 9.90 Å². The first-order valence-electron chi connectivity index (χ1n) is 10.8. The van der Waals surface area contributed by atoms with Crippen LogP contribution in [0.25, 0.3) is 0 Å². The summed E-state index contributed by atoms with van der Waals surface area (Å²) in [5, 5.41) is 17.6. The minimum absolute atomic E-state index is 0.0709. The molecule has 8 nitrogen and oxygen atoms in total. The summed E-state index contributed by atoms with van der Waals surface area (Å²) in [5.41, 5.74) is 1.87. The first-order chi connectivity index (χ1) is 14.3. The van der Waals surface area contributed by atoms with Crippen molar-refractivity contribution >= 4 is 25.6 Å². The van der Waals surface area contributed by atoms with Crippen LogP contribution in [-0.2, 0) is 26.4 Å². The molecule has 2 N–H and O–H groups in total. The number of aromatic nitrogens is 2. The summed E-state index contributed by atoms with van der Waals surface area (Å²) in [6.07, 6.45) is 3.33. The molecular weight excluding hydrogens is 418 g/mol. The Kier molecular flexibility index (Phi) is 9.75. The molecule has 1 amide bonds. The minimum atomic E-state index is -0.536. The van der Waals surface area contributed by atoms with Gasteiger partial charge in [0, 0.05) is 23.6 Å². The summed E-state index contributed by atoms with van der Waals surface area (Å²) in [7, 11) is -1.07. The first-order valence-corrected chi connectivity index (χ1v) is 14.8. The van der Waals surface area contributed by atoms with Crippen LogP contribution in [0.15, 0.2) is 18.7 Å². The van der Waals surface area contributed by atoms with Gasteiger partial charge in [-0.05, 0) is 25.3 Å². The number of nitrogens with one attached hydrogen (secondary N) is 1. The number of aliphatic hydroxyl groups excluding tert-OH is 1. The molecule has 1 aromatic heterocycles. The summed E-state index contributed by atoms with van der Waals surface area (Å²) in [5.74, 6) is 0. The van der Waals surface area contributed by atoms with Gasteiger partial charge in [-0.3, -0.25) is 5.10 Å². The topological polar surface area (TPSA) is 96.9 Å². The van der Waals surface area contributed by atoms with Gasteiger partial charge in [0.25, 0.3) is 0 Å². The number of aliphatic hydroxyl groups is 1. The third kappa shape index (κ3) is 7.05. The molecule has 2 rings (SSSR count). The van der Waals surface area contributed by atoms with Crippen molar-refractivity contribution in [3.63, 3.8) is 0 Å². The Hall–Kier alpha value is -1.47. The van der Waals surface area contributed by atoms with E-state index in [0.717, 1.165) is 24.2 Å². The van der Waals surface area contributed by atoms with Crippen molar-refractivity contribution in [1.82, 2.24) is 15.1 Å². The number of β-amino-alcohol motifs (C(OH)–C–C–N with tert-alkyl or cyclic N) is 1. The van der Waals surface area contributed by atoms with Gasteiger partial charge in [0.2, 0.25) is 0 Å². The number of rotatable bonds is 12. The van der Waals surface area contributed by atoms with E-state index in [4.69, 9.17) is 13.6 Å². The SMILES string of the molecule is C=CCOC(=O)N1CC(O)CC1Cc1cc(CCC(C)(C)C(O[SiH2]C)O[SiH2]C)[nH]n1. The summed E-state index contributed by atoms with van der Waals surface area (Å²) >= 11 is 0. The third-order valence-electron chi connectivity index (χ3n) is 5.39. The predicted octanol–water partition coefficient (Wildman–Crippen LogP) is 1.29. The number of aryl methyl sites for hydroxylation is 1. The van der Waals surface area contributed by atoms with Crippen molar-refractivity contribution in [2.24, 2.45) is 5.41 Å². The molecule has 1 fully saturated rings. The zero-order valence-corrected chi connectivity index (χ0v) is 21.6. The second-order valence-electron chi connectivity index (χ2n) is 8.38. The fourth-order valence-corrected chi connectivity index (χ4v) is 5.68. The van der Waals surface area contributed by atoms with Crippen molar-refractivity contribution in [1.29, 1.82) is 0 Å². The van der Waals surface area contributed by atoms with Crippen LogP contribution in [0.4, 0.5) is 4.79 Å². The number of ether oxygens (including phenoxy) is 1. The molecule has 30 heavy (non-hydrogen) atoms. The van der Waals surface area contributed by atoms with Gasteiger partial charge in [-0.1, -0.05) is 39.6 Å². The zero-order chi connectivity index (χ0) is 22.1. The molecule has 10 heteroatoms. The molecule has 0 saturated carbocycles. The number of hydrogen-bond donors (Lipinski definition) is 2. The van der Waals surface area contributed by atoms with Gasteiger partial charge >= 0.3 is 6.09 Å². The second kappa shape index (κ2) is 11.8. The van der Waals surface area contributed by atoms with Crippen LogP contribution in [0, 0.1) is 5.41 Å². The fourth-order valence-electron chi connectivity index (χ4n) is 3.78. The van der Waals surface area contributed by atoms with Gasteiger partial charge in [0.1, 0.15) is 12.9 Å². The molecule has 1 saturated heterocycles. The number of amides is 1. The van der Waals surface area contributed by atoms with Crippen molar-refractivity contribution in [3.05, 3.63) is 30.1 Å². The van der Waals surface area contributed by atoms with E-state index in [-0.39, 0.29) is 30.9 Å². The minimum Gasteiger partial charge on any atom is -0.445 e. The Morgan fingerprint density at radius 3 is 2.80 bits per heavy atom. The number of carbonyl (C=O) groups is 1. The average molecular weight is 456 g/mol. The number of hydrogen-bond acceptors (Lipinski definition) is 6. The van der Waals surface area contributed by atoms with Crippen LogP contribution in [0.1, 0.15) is 38.1 Å². The van der Waals surface area contributed by atoms with E-state index in [0.29, 0.717) is 12.8 Å². The molecule has 1 aliphatic heterocycles. The quantitative estimate of drug-likeness (QED) is 0.280. The molecule has 0 bridgehead atoms. The Labute approximate surface area is 184 Å². The number of likely N-dealkylation sites (tertiary alicyclic amines) is 1. The van der Waals surface area contributed by atoms with E-state index in [1.807, 2.05) is 6.07 Å². The van der Waals surface area contributed by atoms with Gasteiger partial charge in [-0.25, -0.2) is 4.79 Å². The van der Waals surface area contributed by atoms with E-state index < -0.39 is 31.7 Å². The van der Waals surface area contributed by atoms with Gasteiger partial charge in [-0.2, -0.15) is 5.10 Å². The van der Waals surface area contributed by atoms with Crippen LogP contribution in [0.5, 0.6) is 0 Å². The van der Waals surface area contributed by atoms with Gasteiger partial charge in [-0.15, -0.1) is 0 Å². The first kappa shape index (κ1) is 24.8. The highest BCUT2D eigenvalue weighted by molar-refractivity contribution is 6.26. The molecule has 2 atom stereocenters. The van der Waals surface area contributed by atoms with Crippen LogP contribution >= 0.6 is 0 Å². The highest BCUT2D eigenvalue weighted by atomic mass is 28.2. The molecule has 0 aromatic carbocycles. The number of aromatic amines is 1. The second-order valence-corrected chi connectivity index (χ2v) is 10.2. The zero-order valence-electron chi connectivity index (χ0n) is 18.7.